The molecule has 0 aliphatic rings. The molecule has 106 valence electrons. The summed E-state index contributed by atoms with van der Waals surface area (Å²) in [5.74, 6) is -0.449. The summed E-state index contributed by atoms with van der Waals surface area (Å²) in [6, 6.07) is 5.67. The summed E-state index contributed by atoms with van der Waals surface area (Å²) in [6.07, 6.45) is 0. The van der Waals surface area contributed by atoms with Gasteiger partial charge in [-0.1, -0.05) is 26.8 Å². The molecule has 0 saturated carbocycles. The van der Waals surface area contributed by atoms with E-state index in [-0.39, 0.29) is 5.41 Å². The van der Waals surface area contributed by atoms with Gasteiger partial charge in [0, 0.05) is 23.8 Å². The zero-order chi connectivity index (χ0) is 14.8. The van der Waals surface area contributed by atoms with Crippen molar-refractivity contribution in [2.75, 3.05) is 12.8 Å². The highest BCUT2D eigenvalue weighted by Crippen LogP contribution is 2.25. The predicted molar refractivity (Wildman–Crippen MR) is 79.8 cm³/mol. The van der Waals surface area contributed by atoms with E-state index in [2.05, 4.69) is 39.6 Å². The second-order valence-corrected chi connectivity index (χ2v) is 6.23. The van der Waals surface area contributed by atoms with Crippen LogP contribution in [0.5, 0.6) is 0 Å². The van der Waals surface area contributed by atoms with E-state index < -0.39 is 5.91 Å². The number of hydrogen-bond donors (Lipinski definition) is 2. The molecule has 0 radical (unpaired) electrons. The fourth-order valence-corrected chi connectivity index (χ4v) is 1.96. The van der Waals surface area contributed by atoms with Gasteiger partial charge in [0.2, 0.25) is 5.91 Å². The zero-order valence-electron chi connectivity index (χ0n) is 12.5. The van der Waals surface area contributed by atoms with Crippen molar-refractivity contribution < 1.29 is 4.79 Å². The van der Waals surface area contributed by atoms with Gasteiger partial charge in [-0.3, -0.25) is 9.69 Å². The number of hydrogen-bond acceptors (Lipinski definition) is 3. The molecule has 1 unspecified atom stereocenters. The standard InChI is InChI=1S/C15H25N3O/c1-10(15(2,3)4)18(5)9-12-7-6-11(14(17)19)8-13(12)16/h6-8,10H,9,16H2,1-5H3,(H2,17,19). The highest BCUT2D eigenvalue weighted by molar-refractivity contribution is 5.93. The van der Waals surface area contributed by atoms with Gasteiger partial charge in [0.15, 0.2) is 0 Å². The smallest absolute Gasteiger partial charge is 0.248 e. The number of rotatable bonds is 4. The maximum atomic E-state index is 11.1. The fraction of sp³-hybridized carbons (Fsp3) is 0.533. The van der Waals surface area contributed by atoms with Crippen LogP contribution in [0.15, 0.2) is 18.2 Å². The van der Waals surface area contributed by atoms with Crippen molar-refractivity contribution in [1.29, 1.82) is 0 Å². The lowest BCUT2D eigenvalue weighted by Crippen LogP contribution is -2.38. The van der Waals surface area contributed by atoms with Crippen molar-refractivity contribution in [1.82, 2.24) is 4.90 Å². The third kappa shape index (κ3) is 3.96. The van der Waals surface area contributed by atoms with Crippen LogP contribution in [-0.4, -0.2) is 23.9 Å². The first kappa shape index (κ1) is 15.5. The maximum Gasteiger partial charge on any atom is 0.248 e. The summed E-state index contributed by atoms with van der Waals surface area (Å²) in [7, 11) is 2.08. The summed E-state index contributed by atoms with van der Waals surface area (Å²) in [4.78, 5) is 13.3. The number of benzene rings is 1. The van der Waals surface area contributed by atoms with E-state index in [1.54, 1.807) is 12.1 Å². The van der Waals surface area contributed by atoms with Gasteiger partial charge in [-0.15, -0.1) is 0 Å². The molecule has 0 heterocycles. The zero-order valence-corrected chi connectivity index (χ0v) is 12.5. The van der Waals surface area contributed by atoms with Crippen LogP contribution in [0.4, 0.5) is 5.69 Å². The van der Waals surface area contributed by atoms with E-state index in [1.165, 1.54) is 0 Å². The number of nitrogen functional groups attached to an aromatic ring is 1. The van der Waals surface area contributed by atoms with Crippen molar-refractivity contribution in [3.63, 3.8) is 0 Å². The van der Waals surface area contributed by atoms with E-state index >= 15 is 0 Å². The average molecular weight is 263 g/mol. The molecule has 0 aromatic heterocycles. The third-order valence-electron chi connectivity index (χ3n) is 3.76. The van der Waals surface area contributed by atoms with Gasteiger partial charge in [-0.25, -0.2) is 0 Å². The minimum Gasteiger partial charge on any atom is -0.398 e. The molecule has 0 aliphatic heterocycles. The first-order valence-electron chi connectivity index (χ1n) is 6.51. The van der Waals surface area contributed by atoms with Gasteiger partial charge >= 0.3 is 0 Å². The molecule has 19 heavy (non-hydrogen) atoms. The van der Waals surface area contributed by atoms with E-state index in [1.807, 2.05) is 6.07 Å². The summed E-state index contributed by atoms with van der Waals surface area (Å²) in [6.45, 7) is 9.60. The summed E-state index contributed by atoms with van der Waals surface area (Å²) in [5.41, 5.74) is 13.5. The van der Waals surface area contributed by atoms with Gasteiger partial charge in [0.05, 0.1) is 0 Å². The molecule has 1 atom stereocenters. The lowest BCUT2D eigenvalue weighted by atomic mass is 9.87. The Bertz CT molecular complexity index is 463. The number of nitrogens with two attached hydrogens (primary N) is 2. The molecule has 1 aromatic carbocycles. The van der Waals surface area contributed by atoms with Crippen LogP contribution in [0.1, 0.15) is 43.6 Å². The second-order valence-electron chi connectivity index (χ2n) is 6.23. The summed E-state index contributed by atoms with van der Waals surface area (Å²) < 4.78 is 0. The van der Waals surface area contributed by atoms with Gasteiger partial charge < -0.3 is 11.5 Å². The molecular weight excluding hydrogens is 238 g/mol. The normalized spacial score (nSPS) is 13.6. The first-order valence-corrected chi connectivity index (χ1v) is 6.51. The Morgan fingerprint density at radius 3 is 2.37 bits per heavy atom. The highest BCUT2D eigenvalue weighted by atomic mass is 16.1. The number of anilines is 1. The topological polar surface area (TPSA) is 72.3 Å². The van der Waals surface area contributed by atoms with Crippen molar-refractivity contribution in [2.24, 2.45) is 11.1 Å². The molecule has 0 fully saturated rings. The number of carbonyl (C=O) groups excluding carboxylic acids is 1. The molecule has 4 heteroatoms. The second kappa shape index (κ2) is 5.61. The Morgan fingerprint density at radius 2 is 1.95 bits per heavy atom. The average Bonchev–Trinajstić information content (AvgIpc) is 2.29. The number of nitrogens with zero attached hydrogens (tertiary/aromatic N) is 1. The molecule has 0 saturated heterocycles. The van der Waals surface area contributed by atoms with Crippen molar-refractivity contribution in [3.05, 3.63) is 29.3 Å². The molecule has 4 N–H and O–H groups in total. The van der Waals surface area contributed by atoms with Gasteiger partial charge in [0.1, 0.15) is 0 Å². The Labute approximate surface area is 115 Å². The predicted octanol–water partition coefficient (Wildman–Crippen LogP) is 2.23. The van der Waals surface area contributed by atoms with E-state index in [0.717, 1.165) is 12.1 Å². The first-order chi connectivity index (χ1) is 8.62. The Hall–Kier alpha value is -1.55. The van der Waals surface area contributed by atoms with Crippen LogP contribution in [0.25, 0.3) is 0 Å². The summed E-state index contributed by atoms with van der Waals surface area (Å²) >= 11 is 0. The molecule has 1 aromatic rings. The van der Waals surface area contributed by atoms with E-state index in [0.29, 0.717) is 17.3 Å². The maximum absolute atomic E-state index is 11.1. The van der Waals surface area contributed by atoms with Crippen molar-refractivity contribution >= 4 is 11.6 Å². The molecule has 4 nitrogen and oxygen atoms in total. The van der Waals surface area contributed by atoms with Crippen molar-refractivity contribution in [2.45, 2.75) is 40.3 Å². The molecule has 1 rings (SSSR count). The Kier molecular flexibility index (Phi) is 4.58. The Morgan fingerprint density at radius 1 is 1.37 bits per heavy atom. The van der Waals surface area contributed by atoms with Gasteiger partial charge in [-0.2, -0.15) is 0 Å². The largest absolute Gasteiger partial charge is 0.398 e. The number of primary amides is 1. The van der Waals surface area contributed by atoms with Crippen LogP contribution in [0.3, 0.4) is 0 Å². The fourth-order valence-electron chi connectivity index (χ4n) is 1.96. The van der Waals surface area contributed by atoms with Crippen LogP contribution in [-0.2, 0) is 6.54 Å². The molecular formula is C15H25N3O. The van der Waals surface area contributed by atoms with Crippen LogP contribution < -0.4 is 11.5 Å². The van der Waals surface area contributed by atoms with Crippen LogP contribution >= 0.6 is 0 Å². The summed E-state index contributed by atoms with van der Waals surface area (Å²) in [5, 5.41) is 0. The number of amides is 1. The van der Waals surface area contributed by atoms with Gasteiger partial charge in [-0.05, 0) is 37.1 Å². The lowest BCUT2D eigenvalue weighted by molar-refractivity contribution is 0.100. The third-order valence-corrected chi connectivity index (χ3v) is 3.76. The monoisotopic (exact) mass is 263 g/mol. The van der Waals surface area contributed by atoms with Gasteiger partial charge in [0.25, 0.3) is 0 Å². The van der Waals surface area contributed by atoms with E-state index in [9.17, 15) is 4.79 Å². The van der Waals surface area contributed by atoms with Crippen LogP contribution in [0.2, 0.25) is 0 Å². The quantitative estimate of drug-likeness (QED) is 0.818. The SMILES string of the molecule is CC(N(C)Cc1ccc(C(N)=O)cc1N)C(C)(C)C. The Balaban J connectivity index is 2.86. The van der Waals surface area contributed by atoms with Crippen LogP contribution in [0, 0.1) is 5.41 Å². The minimum atomic E-state index is -0.449. The molecule has 0 aliphatic carbocycles. The lowest BCUT2D eigenvalue weighted by Gasteiger charge is -2.35. The van der Waals surface area contributed by atoms with E-state index in [4.69, 9.17) is 11.5 Å². The molecule has 0 spiro atoms. The molecule has 0 bridgehead atoms. The minimum absolute atomic E-state index is 0.205. The highest BCUT2D eigenvalue weighted by Gasteiger charge is 2.24. The van der Waals surface area contributed by atoms with Crippen molar-refractivity contribution in [3.8, 4) is 0 Å². The number of carbonyl (C=O) groups is 1. The molecule has 1 amide bonds.